The largest absolute Gasteiger partial charge is 0.466 e. The molecule has 0 aromatic rings. The van der Waals surface area contributed by atoms with E-state index in [1.54, 1.807) is 0 Å². The predicted octanol–water partition coefficient (Wildman–Crippen LogP) is 2.72. The van der Waals surface area contributed by atoms with Crippen LogP contribution in [0.5, 0.6) is 0 Å². The van der Waals surface area contributed by atoms with Crippen LogP contribution in [0.3, 0.4) is 0 Å². The third-order valence-electron chi connectivity index (χ3n) is 2.65. The quantitative estimate of drug-likeness (QED) is 0.676. The Morgan fingerprint density at radius 3 is 2.79 bits per heavy atom. The van der Waals surface area contributed by atoms with E-state index in [9.17, 15) is 4.79 Å². The maximum absolute atomic E-state index is 11.6. The van der Waals surface area contributed by atoms with Crippen molar-refractivity contribution in [3.05, 3.63) is 0 Å². The highest BCUT2D eigenvalue weighted by atomic mass is 32.2. The normalized spacial score (nSPS) is 22.4. The molecule has 1 rings (SSSR count). The second-order valence-corrected chi connectivity index (χ2v) is 5.69. The lowest BCUT2D eigenvalue weighted by molar-refractivity contribution is -0.154. The lowest BCUT2D eigenvalue weighted by Gasteiger charge is -2.25. The van der Waals surface area contributed by atoms with Crippen molar-refractivity contribution in [2.45, 2.75) is 33.6 Å². The van der Waals surface area contributed by atoms with Crippen molar-refractivity contribution >= 4 is 17.7 Å². The molecular weight excluding hydrogens is 196 g/mol. The molecule has 1 heterocycles. The number of carbonyl (C=O) groups is 1. The van der Waals surface area contributed by atoms with Crippen LogP contribution in [0.4, 0.5) is 0 Å². The van der Waals surface area contributed by atoms with Crippen LogP contribution < -0.4 is 0 Å². The van der Waals surface area contributed by atoms with E-state index in [0.717, 1.165) is 6.42 Å². The maximum atomic E-state index is 11.6. The standard InChI is InChI=1S/C11H20O2S/c1-4-13-10(12)11(2,3)7-9-5-6-14-8-9/h9H,4-8H2,1-3H3. The summed E-state index contributed by atoms with van der Waals surface area (Å²) < 4.78 is 5.07. The second-order valence-electron chi connectivity index (χ2n) is 4.54. The van der Waals surface area contributed by atoms with E-state index < -0.39 is 0 Å². The third kappa shape index (κ3) is 3.19. The van der Waals surface area contributed by atoms with Crippen LogP contribution in [0.1, 0.15) is 33.6 Å². The molecule has 0 aromatic carbocycles. The Bertz CT molecular complexity index is 195. The van der Waals surface area contributed by atoms with Gasteiger partial charge < -0.3 is 4.74 Å². The highest BCUT2D eigenvalue weighted by Crippen LogP contribution is 2.34. The number of rotatable bonds is 4. The monoisotopic (exact) mass is 216 g/mol. The minimum Gasteiger partial charge on any atom is -0.466 e. The Hall–Kier alpha value is -0.180. The van der Waals surface area contributed by atoms with Crippen molar-refractivity contribution in [1.29, 1.82) is 0 Å². The molecule has 1 saturated heterocycles. The Morgan fingerprint density at radius 2 is 2.29 bits per heavy atom. The highest BCUT2D eigenvalue weighted by molar-refractivity contribution is 7.99. The van der Waals surface area contributed by atoms with E-state index in [1.807, 2.05) is 32.5 Å². The molecular formula is C11H20O2S. The van der Waals surface area contributed by atoms with E-state index in [4.69, 9.17) is 4.74 Å². The Kier molecular flexibility index (Phi) is 4.30. The summed E-state index contributed by atoms with van der Waals surface area (Å²) in [6.45, 7) is 6.34. The molecule has 1 atom stereocenters. The van der Waals surface area contributed by atoms with E-state index >= 15 is 0 Å². The fraction of sp³-hybridized carbons (Fsp3) is 0.909. The van der Waals surface area contributed by atoms with Gasteiger partial charge in [0.05, 0.1) is 12.0 Å². The van der Waals surface area contributed by atoms with Gasteiger partial charge in [0.1, 0.15) is 0 Å². The molecule has 3 heteroatoms. The van der Waals surface area contributed by atoms with Gasteiger partial charge in [-0.05, 0) is 51.0 Å². The average molecular weight is 216 g/mol. The van der Waals surface area contributed by atoms with Crippen LogP contribution in [0, 0.1) is 11.3 Å². The highest BCUT2D eigenvalue weighted by Gasteiger charge is 2.33. The Balaban J connectivity index is 2.42. The van der Waals surface area contributed by atoms with Crippen LogP contribution in [0.15, 0.2) is 0 Å². The topological polar surface area (TPSA) is 26.3 Å². The SMILES string of the molecule is CCOC(=O)C(C)(C)CC1CCSC1. The van der Waals surface area contributed by atoms with Gasteiger partial charge in [0.15, 0.2) is 0 Å². The minimum atomic E-state index is -0.300. The van der Waals surface area contributed by atoms with E-state index in [0.29, 0.717) is 12.5 Å². The summed E-state index contributed by atoms with van der Waals surface area (Å²) in [7, 11) is 0. The molecule has 82 valence electrons. The van der Waals surface area contributed by atoms with Gasteiger partial charge in [-0.2, -0.15) is 11.8 Å². The van der Waals surface area contributed by atoms with Crippen LogP contribution in [-0.4, -0.2) is 24.1 Å². The first-order chi connectivity index (χ1) is 6.56. The van der Waals surface area contributed by atoms with Crippen molar-refractivity contribution in [1.82, 2.24) is 0 Å². The molecule has 1 aliphatic heterocycles. The molecule has 0 bridgehead atoms. The molecule has 0 saturated carbocycles. The maximum Gasteiger partial charge on any atom is 0.311 e. The molecule has 1 aliphatic rings. The fourth-order valence-electron chi connectivity index (χ4n) is 1.88. The molecule has 0 aromatic heterocycles. The first-order valence-corrected chi connectivity index (χ1v) is 6.46. The van der Waals surface area contributed by atoms with Gasteiger partial charge in [0.2, 0.25) is 0 Å². The van der Waals surface area contributed by atoms with Crippen LogP contribution in [0.25, 0.3) is 0 Å². The van der Waals surface area contributed by atoms with Gasteiger partial charge in [-0.3, -0.25) is 4.79 Å². The van der Waals surface area contributed by atoms with Gasteiger partial charge in [-0.15, -0.1) is 0 Å². The van der Waals surface area contributed by atoms with Crippen LogP contribution in [0.2, 0.25) is 0 Å². The second kappa shape index (κ2) is 5.06. The first-order valence-electron chi connectivity index (χ1n) is 5.31. The molecule has 0 amide bonds. The lowest BCUT2D eigenvalue weighted by Crippen LogP contribution is -2.29. The Labute approximate surface area is 90.8 Å². The zero-order chi connectivity index (χ0) is 10.6. The van der Waals surface area contributed by atoms with Crippen molar-refractivity contribution in [3.63, 3.8) is 0 Å². The average Bonchev–Trinajstić information content (AvgIpc) is 2.56. The summed E-state index contributed by atoms with van der Waals surface area (Å²) in [5.41, 5.74) is -0.300. The van der Waals surface area contributed by atoms with Gasteiger partial charge in [-0.25, -0.2) is 0 Å². The van der Waals surface area contributed by atoms with E-state index in [2.05, 4.69) is 0 Å². The number of hydrogen-bond donors (Lipinski definition) is 0. The van der Waals surface area contributed by atoms with Gasteiger partial charge in [0, 0.05) is 0 Å². The van der Waals surface area contributed by atoms with Crippen molar-refractivity contribution < 1.29 is 9.53 Å². The lowest BCUT2D eigenvalue weighted by atomic mass is 9.82. The summed E-state index contributed by atoms with van der Waals surface area (Å²) in [5.74, 6) is 3.13. The number of ether oxygens (including phenoxy) is 1. The molecule has 2 nitrogen and oxygen atoms in total. The van der Waals surface area contributed by atoms with Crippen LogP contribution in [-0.2, 0) is 9.53 Å². The molecule has 14 heavy (non-hydrogen) atoms. The molecule has 1 fully saturated rings. The summed E-state index contributed by atoms with van der Waals surface area (Å²) in [6.07, 6.45) is 2.23. The molecule has 0 aliphatic carbocycles. The predicted molar refractivity (Wildman–Crippen MR) is 60.5 cm³/mol. The van der Waals surface area contributed by atoms with Crippen LogP contribution >= 0.6 is 11.8 Å². The molecule has 0 radical (unpaired) electrons. The van der Waals surface area contributed by atoms with Crippen molar-refractivity contribution in [2.75, 3.05) is 18.1 Å². The third-order valence-corrected chi connectivity index (χ3v) is 3.88. The number of carbonyl (C=O) groups excluding carboxylic acids is 1. The zero-order valence-corrected chi connectivity index (χ0v) is 10.2. The molecule has 0 N–H and O–H groups in total. The summed E-state index contributed by atoms with van der Waals surface area (Å²) in [4.78, 5) is 11.6. The summed E-state index contributed by atoms with van der Waals surface area (Å²) >= 11 is 2.00. The van der Waals surface area contributed by atoms with E-state index in [-0.39, 0.29) is 11.4 Å². The zero-order valence-electron chi connectivity index (χ0n) is 9.34. The summed E-state index contributed by atoms with van der Waals surface area (Å²) in [6, 6.07) is 0. The van der Waals surface area contributed by atoms with Gasteiger partial charge >= 0.3 is 5.97 Å². The van der Waals surface area contributed by atoms with Crippen molar-refractivity contribution in [2.24, 2.45) is 11.3 Å². The number of esters is 1. The smallest absolute Gasteiger partial charge is 0.311 e. The Morgan fingerprint density at radius 1 is 1.57 bits per heavy atom. The van der Waals surface area contributed by atoms with E-state index in [1.165, 1.54) is 17.9 Å². The van der Waals surface area contributed by atoms with Gasteiger partial charge in [-0.1, -0.05) is 0 Å². The fourth-order valence-corrected chi connectivity index (χ4v) is 3.16. The van der Waals surface area contributed by atoms with Crippen molar-refractivity contribution in [3.8, 4) is 0 Å². The first kappa shape index (κ1) is 11.9. The minimum absolute atomic E-state index is 0.0445. The summed E-state index contributed by atoms with van der Waals surface area (Å²) in [5, 5.41) is 0. The number of hydrogen-bond acceptors (Lipinski definition) is 3. The van der Waals surface area contributed by atoms with Gasteiger partial charge in [0.25, 0.3) is 0 Å². The number of thioether (sulfide) groups is 1. The molecule has 1 unspecified atom stereocenters. The molecule has 0 spiro atoms.